The van der Waals surface area contributed by atoms with Crippen molar-refractivity contribution in [2.75, 3.05) is 5.32 Å². The number of hydrogen-bond acceptors (Lipinski definition) is 2. The van der Waals surface area contributed by atoms with Crippen LogP contribution in [0.4, 0.5) is 5.69 Å². The first-order valence-electron chi connectivity index (χ1n) is 5.91. The molecule has 2 N–H and O–H groups in total. The van der Waals surface area contributed by atoms with Crippen molar-refractivity contribution in [3.8, 4) is 0 Å². The van der Waals surface area contributed by atoms with E-state index in [4.69, 9.17) is 16.7 Å². The number of amides is 1. The molecule has 1 aromatic rings. The Hall–Kier alpha value is -1.55. The van der Waals surface area contributed by atoms with Crippen LogP contribution in [0.15, 0.2) is 18.2 Å². The van der Waals surface area contributed by atoms with Crippen molar-refractivity contribution in [2.45, 2.75) is 25.7 Å². The second kappa shape index (κ2) is 5.40. The topological polar surface area (TPSA) is 66.4 Å². The molecule has 1 aliphatic carbocycles. The highest BCUT2D eigenvalue weighted by atomic mass is 35.5. The van der Waals surface area contributed by atoms with Crippen molar-refractivity contribution in [1.29, 1.82) is 0 Å². The molecule has 5 heteroatoms. The van der Waals surface area contributed by atoms with Gasteiger partial charge >= 0.3 is 5.97 Å². The van der Waals surface area contributed by atoms with Crippen LogP contribution < -0.4 is 5.32 Å². The van der Waals surface area contributed by atoms with Crippen molar-refractivity contribution >= 4 is 29.2 Å². The van der Waals surface area contributed by atoms with Crippen molar-refractivity contribution in [3.05, 3.63) is 28.8 Å². The lowest BCUT2D eigenvalue weighted by Gasteiger charge is -2.12. The lowest BCUT2D eigenvalue weighted by Crippen LogP contribution is -2.20. The molecule has 1 fully saturated rings. The first kappa shape index (κ1) is 12.9. The highest BCUT2D eigenvalue weighted by Crippen LogP contribution is 2.28. The fourth-order valence-electron chi connectivity index (χ4n) is 2.18. The molecular formula is C13H14ClNO3. The van der Waals surface area contributed by atoms with Crippen molar-refractivity contribution in [1.82, 2.24) is 0 Å². The first-order chi connectivity index (χ1) is 8.58. The van der Waals surface area contributed by atoms with Crippen LogP contribution in [-0.2, 0) is 4.79 Å². The quantitative estimate of drug-likeness (QED) is 0.884. The number of carbonyl (C=O) groups is 2. The van der Waals surface area contributed by atoms with Gasteiger partial charge < -0.3 is 10.4 Å². The Bertz CT molecular complexity index is 481. The zero-order valence-corrected chi connectivity index (χ0v) is 10.5. The number of halogens is 1. The molecule has 0 saturated heterocycles. The minimum Gasteiger partial charge on any atom is -0.478 e. The van der Waals surface area contributed by atoms with Crippen LogP contribution in [0.2, 0.25) is 5.02 Å². The molecule has 0 aromatic heterocycles. The standard InChI is InChI=1S/C13H14ClNO3/c14-10-6-5-9(13(17)18)7-11(10)15-12(16)8-3-1-2-4-8/h5-8H,1-4H2,(H,15,16)(H,17,18). The third-order valence-electron chi connectivity index (χ3n) is 3.20. The van der Waals surface area contributed by atoms with E-state index in [0.29, 0.717) is 10.7 Å². The SMILES string of the molecule is O=C(O)c1ccc(Cl)c(NC(=O)C2CCCC2)c1. The number of aromatic carboxylic acids is 1. The van der Waals surface area contributed by atoms with Crippen LogP contribution in [0.1, 0.15) is 36.0 Å². The molecule has 4 nitrogen and oxygen atoms in total. The molecule has 96 valence electrons. The molecule has 1 amide bonds. The summed E-state index contributed by atoms with van der Waals surface area (Å²) in [4.78, 5) is 22.8. The summed E-state index contributed by atoms with van der Waals surface area (Å²) in [5, 5.41) is 12.0. The second-order valence-electron chi connectivity index (χ2n) is 4.47. The Morgan fingerprint density at radius 1 is 1.28 bits per heavy atom. The summed E-state index contributed by atoms with van der Waals surface area (Å²) in [5.74, 6) is -1.09. The van der Waals surface area contributed by atoms with Gasteiger partial charge in [-0.25, -0.2) is 4.79 Å². The van der Waals surface area contributed by atoms with Gasteiger partial charge in [-0.1, -0.05) is 24.4 Å². The summed E-state index contributed by atoms with van der Waals surface area (Å²) >= 11 is 5.94. The molecule has 18 heavy (non-hydrogen) atoms. The van der Waals surface area contributed by atoms with Crippen LogP contribution in [-0.4, -0.2) is 17.0 Å². The molecule has 1 aromatic carbocycles. The second-order valence-corrected chi connectivity index (χ2v) is 4.88. The van der Waals surface area contributed by atoms with E-state index in [1.165, 1.54) is 18.2 Å². The molecule has 2 rings (SSSR count). The Morgan fingerprint density at radius 3 is 2.56 bits per heavy atom. The van der Waals surface area contributed by atoms with E-state index in [0.717, 1.165) is 25.7 Å². The molecule has 0 atom stereocenters. The number of benzene rings is 1. The van der Waals surface area contributed by atoms with Crippen LogP contribution in [0.5, 0.6) is 0 Å². The normalized spacial score (nSPS) is 15.6. The smallest absolute Gasteiger partial charge is 0.335 e. The van der Waals surface area contributed by atoms with E-state index in [-0.39, 0.29) is 17.4 Å². The van der Waals surface area contributed by atoms with Gasteiger partial charge in [-0.05, 0) is 31.0 Å². The molecule has 0 bridgehead atoms. The van der Waals surface area contributed by atoms with E-state index in [1.54, 1.807) is 0 Å². The molecule has 0 radical (unpaired) electrons. The number of rotatable bonds is 3. The Kier molecular flexibility index (Phi) is 3.87. The highest BCUT2D eigenvalue weighted by Gasteiger charge is 2.23. The van der Waals surface area contributed by atoms with Gasteiger partial charge in [-0.3, -0.25) is 4.79 Å². The fourth-order valence-corrected chi connectivity index (χ4v) is 2.34. The van der Waals surface area contributed by atoms with Crippen LogP contribution in [0.25, 0.3) is 0 Å². The lowest BCUT2D eigenvalue weighted by molar-refractivity contribution is -0.119. The summed E-state index contributed by atoms with van der Waals surface area (Å²) < 4.78 is 0. The maximum absolute atomic E-state index is 11.9. The van der Waals surface area contributed by atoms with Crippen molar-refractivity contribution in [3.63, 3.8) is 0 Å². The van der Waals surface area contributed by atoms with Gasteiger partial charge in [-0.2, -0.15) is 0 Å². The number of carboxylic acid groups (broad SMARTS) is 1. The molecule has 0 unspecified atom stereocenters. The van der Waals surface area contributed by atoms with Gasteiger partial charge in [0.2, 0.25) is 5.91 Å². The third kappa shape index (κ3) is 2.82. The Balaban J connectivity index is 2.14. The number of carboxylic acids is 1. The van der Waals surface area contributed by atoms with Crippen molar-refractivity contribution in [2.24, 2.45) is 5.92 Å². The van der Waals surface area contributed by atoms with E-state index in [9.17, 15) is 9.59 Å². The van der Waals surface area contributed by atoms with Gasteiger partial charge in [0.25, 0.3) is 0 Å². The van der Waals surface area contributed by atoms with Crippen molar-refractivity contribution < 1.29 is 14.7 Å². The maximum atomic E-state index is 11.9. The molecular weight excluding hydrogens is 254 g/mol. The molecule has 0 aliphatic heterocycles. The van der Waals surface area contributed by atoms with Gasteiger partial charge in [0, 0.05) is 5.92 Å². The minimum atomic E-state index is -1.04. The van der Waals surface area contributed by atoms with Gasteiger partial charge in [0.1, 0.15) is 0 Å². The Morgan fingerprint density at radius 2 is 1.94 bits per heavy atom. The van der Waals surface area contributed by atoms with Crippen LogP contribution >= 0.6 is 11.6 Å². The summed E-state index contributed by atoms with van der Waals surface area (Å²) in [7, 11) is 0. The van der Waals surface area contributed by atoms with E-state index < -0.39 is 5.97 Å². The fraction of sp³-hybridized carbons (Fsp3) is 0.385. The van der Waals surface area contributed by atoms with Gasteiger partial charge in [0.15, 0.2) is 0 Å². The average Bonchev–Trinajstić information content (AvgIpc) is 2.85. The zero-order chi connectivity index (χ0) is 13.1. The summed E-state index contributed by atoms with van der Waals surface area (Å²) in [5.41, 5.74) is 0.481. The number of carbonyl (C=O) groups excluding carboxylic acids is 1. The van der Waals surface area contributed by atoms with Crippen LogP contribution in [0, 0.1) is 5.92 Å². The highest BCUT2D eigenvalue weighted by molar-refractivity contribution is 6.33. The largest absolute Gasteiger partial charge is 0.478 e. The molecule has 1 aliphatic rings. The monoisotopic (exact) mass is 267 g/mol. The summed E-state index contributed by atoms with van der Waals surface area (Å²) in [6.07, 6.45) is 3.92. The molecule has 0 heterocycles. The van der Waals surface area contributed by atoms with E-state index >= 15 is 0 Å². The summed E-state index contributed by atoms with van der Waals surface area (Å²) in [6, 6.07) is 4.28. The zero-order valence-electron chi connectivity index (χ0n) is 9.78. The predicted octanol–water partition coefficient (Wildman–Crippen LogP) is 3.17. The van der Waals surface area contributed by atoms with Gasteiger partial charge in [0.05, 0.1) is 16.3 Å². The number of nitrogens with one attached hydrogen (secondary N) is 1. The van der Waals surface area contributed by atoms with E-state index in [1.807, 2.05) is 0 Å². The predicted molar refractivity (Wildman–Crippen MR) is 69.0 cm³/mol. The number of hydrogen-bond donors (Lipinski definition) is 2. The minimum absolute atomic E-state index is 0.0227. The summed E-state index contributed by atoms with van der Waals surface area (Å²) in [6.45, 7) is 0. The third-order valence-corrected chi connectivity index (χ3v) is 3.53. The molecule has 1 saturated carbocycles. The first-order valence-corrected chi connectivity index (χ1v) is 6.29. The number of anilines is 1. The Labute approximate surface area is 110 Å². The van der Waals surface area contributed by atoms with Crippen LogP contribution in [0.3, 0.4) is 0 Å². The van der Waals surface area contributed by atoms with E-state index in [2.05, 4.69) is 5.32 Å². The van der Waals surface area contributed by atoms with Gasteiger partial charge in [-0.15, -0.1) is 0 Å². The average molecular weight is 268 g/mol. The molecule has 0 spiro atoms. The maximum Gasteiger partial charge on any atom is 0.335 e. The lowest BCUT2D eigenvalue weighted by atomic mass is 10.1.